The highest BCUT2D eigenvalue weighted by Crippen LogP contribution is 2.24. The maximum atomic E-state index is 12.1. The van der Waals surface area contributed by atoms with Gasteiger partial charge < -0.3 is 14.5 Å². The van der Waals surface area contributed by atoms with Gasteiger partial charge in [-0.3, -0.25) is 9.69 Å². The molecule has 2 aromatic rings. The Balaban J connectivity index is 1.51. The molecule has 2 heterocycles. The fourth-order valence-electron chi connectivity index (χ4n) is 3.06. The van der Waals surface area contributed by atoms with Crippen molar-refractivity contribution in [2.75, 3.05) is 26.2 Å². The van der Waals surface area contributed by atoms with E-state index in [1.165, 1.54) is 19.3 Å². The van der Waals surface area contributed by atoms with Gasteiger partial charge in [0.1, 0.15) is 11.5 Å². The van der Waals surface area contributed by atoms with E-state index < -0.39 is 0 Å². The molecule has 0 unspecified atom stereocenters. The Morgan fingerprint density at radius 3 is 2.64 bits per heavy atom. The van der Waals surface area contributed by atoms with Crippen LogP contribution in [0.2, 0.25) is 5.02 Å². The maximum absolute atomic E-state index is 12.1. The summed E-state index contributed by atoms with van der Waals surface area (Å²) < 4.78 is 11.1. The molecule has 1 N–H and O–H groups in total. The Morgan fingerprint density at radius 1 is 1.20 bits per heavy atom. The molecule has 25 heavy (non-hydrogen) atoms. The van der Waals surface area contributed by atoms with Gasteiger partial charge in [-0.25, -0.2) is 0 Å². The quantitative estimate of drug-likeness (QED) is 0.816. The second-order valence-corrected chi connectivity index (χ2v) is 6.61. The number of halogens is 1. The smallest absolute Gasteiger partial charge is 0.258 e. The van der Waals surface area contributed by atoms with Crippen LogP contribution in [-0.2, 0) is 4.79 Å². The van der Waals surface area contributed by atoms with Crippen LogP contribution in [0.5, 0.6) is 5.75 Å². The SMILES string of the molecule is O=C(COc1ccc(Cl)cc1)NC[C@@H](c1ccco1)N1CCCCC1. The molecule has 0 aliphatic carbocycles. The van der Waals surface area contributed by atoms with Crippen molar-refractivity contribution in [3.8, 4) is 5.75 Å². The Bertz CT molecular complexity index is 652. The molecule has 5 nitrogen and oxygen atoms in total. The maximum Gasteiger partial charge on any atom is 0.258 e. The largest absolute Gasteiger partial charge is 0.484 e. The zero-order valence-electron chi connectivity index (χ0n) is 14.1. The highest BCUT2D eigenvalue weighted by molar-refractivity contribution is 6.30. The summed E-state index contributed by atoms with van der Waals surface area (Å²) >= 11 is 5.83. The number of nitrogens with one attached hydrogen (secondary N) is 1. The van der Waals surface area contributed by atoms with Crippen LogP contribution in [0.15, 0.2) is 47.1 Å². The third-order valence-corrected chi connectivity index (χ3v) is 4.63. The van der Waals surface area contributed by atoms with E-state index in [0.29, 0.717) is 17.3 Å². The molecule has 6 heteroatoms. The normalized spacial score (nSPS) is 16.4. The van der Waals surface area contributed by atoms with Crippen molar-refractivity contribution in [1.82, 2.24) is 10.2 Å². The van der Waals surface area contributed by atoms with Gasteiger partial charge in [0, 0.05) is 11.6 Å². The molecule has 3 rings (SSSR count). The molecule has 1 fully saturated rings. The second-order valence-electron chi connectivity index (χ2n) is 6.17. The number of piperidine rings is 1. The van der Waals surface area contributed by atoms with Crippen LogP contribution in [0.3, 0.4) is 0 Å². The molecule has 0 radical (unpaired) electrons. The van der Waals surface area contributed by atoms with Gasteiger partial charge in [-0.1, -0.05) is 18.0 Å². The van der Waals surface area contributed by atoms with Crippen LogP contribution in [0.1, 0.15) is 31.1 Å². The number of carbonyl (C=O) groups excluding carboxylic acids is 1. The van der Waals surface area contributed by atoms with Crippen molar-refractivity contribution in [1.29, 1.82) is 0 Å². The van der Waals surface area contributed by atoms with Gasteiger partial charge in [0.05, 0.1) is 12.3 Å². The molecular weight excluding hydrogens is 340 g/mol. The molecular formula is C19H23ClN2O3. The summed E-state index contributed by atoms with van der Waals surface area (Å²) in [5.41, 5.74) is 0. The van der Waals surface area contributed by atoms with Gasteiger partial charge in [-0.2, -0.15) is 0 Å². The number of rotatable bonds is 7. The molecule has 0 saturated carbocycles. The van der Waals surface area contributed by atoms with Gasteiger partial charge >= 0.3 is 0 Å². The van der Waals surface area contributed by atoms with Gasteiger partial charge in [-0.05, 0) is 62.3 Å². The molecule has 0 spiro atoms. The molecule has 1 aliphatic heterocycles. The molecule has 0 bridgehead atoms. The third-order valence-electron chi connectivity index (χ3n) is 4.38. The van der Waals surface area contributed by atoms with Gasteiger partial charge in [-0.15, -0.1) is 0 Å². The van der Waals surface area contributed by atoms with E-state index >= 15 is 0 Å². The lowest BCUT2D eigenvalue weighted by atomic mass is 10.1. The van der Waals surface area contributed by atoms with Gasteiger partial charge in [0.15, 0.2) is 6.61 Å². The molecule has 1 aromatic heterocycles. The molecule has 134 valence electrons. The topological polar surface area (TPSA) is 54.7 Å². The molecule has 1 atom stereocenters. The Labute approximate surface area is 152 Å². The lowest BCUT2D eigenvalue weighted by molar-refractivity contribution is -0.123. The number of amides is 1. The summed E-state index contributed by atoms with van der Waals surface area (Å²) in [6.45, 7) is 2.55. The van der Waals surface area contributed by atoms with Crippen LogP contribution in [0.25, 0.3) is 0 Å². The molecule has 1 aromatic carbocycles. The van der Waals surface area contributed by atoms with Gasteiger partial charge in [0.25, 0.3) is 5.91 Å². The average molecular weight is 363 g/mol. The number of likely N-dealkylation sites (tertiary alicyclic amines) is 1. The molecule has 1 saturated heterocycles. The first kappa shape index (κ1) is 17.8. The lowest BCUT2D eigenvalue weighted by Crippen LogP contribution is -2.41. The number of nitrogens with zero attached hydrogens (tertiary/aromatic N) is 1. The standard InChI is InChI=1S/C19H23ClN2O3/c20-15-6-8-16(9-7-15)25-14-19(23)21-13-17(18-5-4-12-24-18)22-10-2-1-3-11-22/h4-9,12,17H,1-3,10-11,13-14H2,(H,21,23)/t17-/m0/s1. The summed E-state index contributed by atoms with van der Waals surface area (Å²) in [7, 11) is 0. The van der Waals surface area contributed by atoms with E-state index in [1.807, 2.05) is 12.1 Å². The molecule has 1 aliphatic rings. The minimum absolute atomic E-state index is 0.0213. The van der Waals surface area contributed by atoms with E-state index in [2.05, 4.69) is 10.2 Å². The fraction of sp³-hybridized carbons (Fsp3) is 0.421. The Morgan fingerprint density at radius 2 is 1.96 bits per heavy atom. The summed E-state index contributed by atoms with van der Waals surface area (Å²) in [5.74, 6) is 1.36. The molecule has 1 amide bonds. The predicted molar refractivity (Wildman–Crippen MR) is 96.8 cm³/mol. The summed E-state index contributed by atoms with van der Waals surface area (Å²) in [6.07, 6.45) is 5.32. The number of carbonyl (C=O) groups is 1. The van der Waals surface area contributed by atoms with Crippen molar-refractivity contribution in [2.45, 2.75) is 25.3 Å². The van der Waals surface area contributed by atoms with Crippen LogP contribution >= 0.6 is 11.6 Å². The van der Waals surface area contributed by atoms with Crippen LogP contribution in [-0.4, -0.2) is 37.0 Å². The van der Waals surface area contributed by atoms with Crippen molar-refractivity contribution >= 4 is 17.5 Å². The van der Waals surface area contributed by atoms with E-state index in [1.54, 1.807) is 30.5 Å². The minimum Gasteiger partial charge on any atom is -0.484 e. The summed E-state index contributed by atoms with van der Waals surface area (Å²) in [5, 5.41) is 3.60. The van der Waals surface area contributed by atoms with Crippen molar-refractivity contribution in [3.63, 3.8) is 0 Å². The fourth-order valence-corrected chi connectivity index (χ4v) is 3.19. The predicted octanol–water partition coefficient (Wildman–Crippen LogP) is 3.66. The highest BCUT2D eigenvalue weighted by atomic mass is 35.5. The number of benzene rings is 1. The van der Waals surface area contributed by atoms with Crippen molar-refractivity contribution < 1.29 is 13.9 Å². The van der Waals surface area contributed by atoms with Crippen LogP contribution in [0, 0.1) is 0 Å². The van der Waals surface area contributed by atoms with E-state index in [-0.39, 0.29) is 18.6 Å². The first-order valence-corrected chi connectivity index (χ1v) is 9.03. The number of hydrogen-bond donors (Lipinski definition) is 1. The highest BCUT2D eigenvalue weighted by Gasteiger charge is 2.24. The Kier molecular flexibility index (Phi) is 6.36. The summed E-state index contributed by atoms with van der Waals surface area (Å²) in [4.78, 5) is 14.5. The third kappa shape index (κ3) is 5.25. The van der Waals surface area contributed by atoms with Crippen molar-refractivity contribution in [3.05, 3.63) is 53.4 Å². The van der Waals surface area contributed by atoms with E-state index in [9.17, 15) is 4.79 Å². The number of ether oxygens (including phenoxy) is 1. The number of furan rings is 1. The Hall–Kier alpha value is -1.98. The second kappa shape index (κ2) is 8.92. The monoisotopic (exact) mass is 362 g/mol. The van der Waals surface area contributed by atoms with E-state index in [0.717, 1.165) is 18.8 Å². The first-order valence-electron chi connectivity index (χ1n) is 8.65. The average Bonchev–Trinajstić information content (AvgIpc) is 3.17. The van der Waals surface area contributed by atoms with Crippen LogP contribution in [0.4, 0.5) is 0 Å². The minimum atomic E-state index is -0.150. The van der Waals surface area contributed by atoms with Crippen molar-refractivity contribution in [2.24, 2.45) is 0 Å². The van der Waals surface area contributed by atoms with Crippen LogP contribution < -0.4 is 10.1 Å². The van der Waals surface area contributed by atoms with Gasteiger partial charge in [0.2, 0.25) is 0 Å². The summed E-state index contributed by atoms with van der Waals surface area (Å²) in [6, 6.07) is 10.9. The zero-order valence-corrected chi connectivity index (χ0v) is 14.9. The number of hydrogen-bond acceptors (Lipinski definition) is 4. The zero-order chi connectivity index (χ0) is 17.5. The van der Waals surface area contributed by atoms with E-state index in [4.69, 9.17) is 20.8 Å². The first-order chi connectivity index (χ1) is 12.2. The lowest BCUT2D eigenvalue weighted by Gasteiger charge is -2.33.